The Morgan fingerprint density at radius 3 is 2.38 bits per heavy atom. The number of nitrogens with zero attached hydrogens (tertiary/aromatic N) is 1. The van der Waals surface area contributed by atoms with Crippen molar-refractivity contribution >= 4 is 12.4 Å². The van der Waals surface area contributed by atoms with E-state index in [1.807, 2.05) is 0 Å². The van der Waals surface area contributed by atoms with Gasteiger partial charge in [0, 0.05) is 37.8 Å². The number of alkyl halides is 3. The number of hydrogen-bond donors (Lipinski definition) is 3. The van der Waals surface area contributed by atoms with E-state index in [0.29, 0.717) is 26.2 Å². The Balaban J connectivity index is 0.00000220. The highest BCUT2D eigenvalue weighted by Crippen LogP contribution is 2.38. The number of phenols is 2. The lowest BCUT2D eigenvalue weighted by Crippen LogP contribution is -2.46. The highest BCUT2D eigenvalue weighted by atomic mass is 35.5. The molecule has 1 aliphatic rings. The monoisotopic (exact) mass is 326 g/mol. The van der Waals surface area contributed by atoms with Crippen LogP contribution in [0.4, 0.5) is 13.2 Å². The van der Waals surface area contributed by atoms with E-state index in [-0.39, 0.29) is 29.5 Å². The number of hydrogen-bond acceptors (Lipinski definition) is 4. The van der Waals surface area contributed by atoms with Gasteiger partial charge in [-0.1, -0.05) is 0 Å². The molecule has 1 aromatic rings. The van der Waals surface area contributed by atoms with Crippen LogP contribution in [0.2, 0.25) is 0 Å². The van der Waals surface area contributed by atoms with Gasteiger partial charge in [0.15, 0.2) is 0 Å². The second kappa shape index (κ2) is 7.20. The van der Waals surface area contributed by atoms with Crippen LogP contribution in [0.25, 0.3) is 0 Å². The van der Waals surface area contributed by atoms with E-state index in [1.165, 1.54) is 18.2 Å². The Kier molecular flexibility index (Phi) is 6.12. The van der Waals surface area contributed by atoms with E-state index in [4.69, 9.17) is 0 Å². The maximum Gasteiger partial charge on any atom is 0.390 e. The van der Waals surface area contributed by atoms with Crippen LogP contribution in [0.15, 0.2) is 18.2 Å². The molecule has 21 heavy (non-hydrogen) atoms. The molecule has 0 bridgehead atoms. The molecule has 8 heteroatoms. The molecular formula is C13H18ClF3N2O2. The number of phenolic OH excluding ortho intramolecular Hbond substituents is 2. The molecule has 0 unspecified atom stereocenters. The third kappa shape index (κ3) is 4.94. The summed E-state index contributed by atoms with van der Waals surface area (Å²) in [6.07, 6.45) is -5.39. The highest BCUT2D eigenvalue weighted by molar-refractivity contribution is 5.85. The lowest BCUT2D eigenvalue weighted by molar-refractivity contribution is -0.148. The van der Waals surface area contributed by atoms with Crippen LogP contribution in [0.1, 0.15) is 18.0 Å². The van der Waals surface area contributed by atoms with Gasteiger partial charge in [-0.3, -0.25) is 4.90 Å². The SMILES string of the molecule is Cl.Oc1ccc(O)c([C@H](CC(F)(F)F)N2CCNCC2)c1. The van der Waals surface area contributed by atoms with Crippen LogP contribution in [-0.4, -0.2) is 47.5 Å². The van der Waals surface area contributed by atoms with Crippen LogP contribution in [-0.2, 0) is 0 Å². The molecular weight excluding hydrogens is 309 g/mol. The summed E-state index contributed by atoms with van der Waals surface area (Å²) < 4.78 is 38.4. The number of piperazine rings is 1. The number of aromatic hydroxyl groups is 2. The third-order valence-corrected chi connectivity index (χ3v) is 3.39. The Bertz CT molecular complexity index is 465. The van der Waals surface area contributed by atoms with E-state index in [1.54, 1.807) is 4.90 Å². The predicted molar refractivity (Wildman–Crippen MR) is 74.9 cm³/mol. The zero-order chi connectivity index (χ0) is 14.8. The van der Waals surface area contributed by atoms with E-state index in [0.717, 1.165) is 0 Å². The minimum absolute atomic E-state index is 0. The Labute approximate surface area is 127 Å². The summed E-state index contributed by atoms with van der Waals surface area (Å²) in [4.78, 5) is 1.68. The van der Waals surface area contributed by atoms with Crippen molar-refractivity contribution in [1.29, 1.82) is 0 Å². The quantitative estimate of drug-likeness (QED) is 0.747. The summed E-state index contributed by atoms with van der Waals surface area (Å²) in [6.45, 7) is 2.15. The third-order valence-electron chi connectivity index (χ3n) is 3.39. The van der Waals surface area contributed by atoms with E-state index in [9.17, 15) is 23.4 Å². The second-order valence-electron chi connectivity index (χ2n) is 4.86. The first kappa shape index (κ1) is 17.9. The first-order chi connectivity index (χ1) is 9.37. The van der Waals surface area contributed by atoms with Crippen LogP contribution in [0, 0.1) is 0 Å². The molecule has 120 valence electrons. The molecule has 1 aromatic carbocycles. The van der Waals surface area contributed by atoms with Gasteiger partial charge in [0.25, 0.3) is 0 Å². The number of halogens is 4. The van der Waals surface area contributed by atoms with Crippen molar-refractivity contribution in [3.63, 3.8) is 0 Å². The highest BCUT2D eigenvalue weighted by Gasteiger charge is 2.37. The maximum absolute atomic E-state index is 12.8. The topological polar surface area (TPSA) is 55.7 Å². The average Bonchev–Trinajstić information content (AvgIpc) is 2.39. The van der Waals surface area contributed by atoms with Gasteiger partial charge in [0.05, 0.1) is 6.42 Å². The molecule has 1 atom stereocenters. The lowest BCUT2D eigenvalue weighted by Gasteiger charge is -2.35. The minimum atomic E-state index is -4.34. The Morgan fingerprint density at radius 1 is 1.19 bits per heavy atom. The van der Waals surface area contributed by atoms with E-state index in [2.05, 4.69) is 5.32 Å². The van der Waals surface area contributed by atoms with E-state index < -0.39 is 18.6 Å². The average molecular weight is 327 g/mol. The fourth-order valence-corrected chi connectivity index (χ4v) is 2.46. The molecule has 0 amide bonds. The van der Waals surface area contributed by atoms with Crippen molar-refractivity contribution < 1.29 is 23.4 Å². The molecule has 0 spiro atoms. The fraction of sp³-hybridized carbons (Fsp3) is 0.538. The smallest absolute Gasteiger partial charge is 0.390 e. The van der Waals surface area contributed by atoms with Gasteiger partial charge in [-0.2, -0.15) is 13.2 Å². The molecule has 1 fully saturated rings. The maximum atomic E-state index is 12.8. The summed E-state index contributed by atoms with van der Waals surface area (Å²) in [5.74, 6) is -0.379. The van der Waals surface area contributed by atoms with Gasteiger partial charge in [-0.05, 0) is 18.2 Å². The molecule has 0 aliphatic carbocycles. The van der Waals surface area contributed by atoms with Crippen LogP contribution >= 0.6 is 12.4 Å². The first-order valence-electron chi connectivity index (χ1n) is 6.40. The number of benzene rings is 1. The van der Waals surface area contributed by atoms with Crippen molar-refractivity contribution in [3.8, 4) is 11.5 Å². The standard InChI is InChI=1S/C13H17F3N2O2.ClH/c14-13(15,16)8-11(18-5-3-17-4-6-18)10-7-9(19)1-2-12(10)20;/h1-2,7,11,17,19-20H,3-6,8H2;1H/t11-;/m0./s1. The normalized spacial score (nSPS) is 18.0. The van der Waals surface area contributed by atoms with Crippen LogP contribution in [0.5, 0.6) is 11.5 Å². The molecule has 2 rings (SSSR count). The molecule has 1 saturated heterocycles. The van der Waals surface area contributed by atoms with Gasteiger partial charge in [0.2, 0.25) is 0 Å². The molecule has 3 N–H and O–H groups in total. The Hall–Kier alpha value is -1.18. The minimum Gasteiger partial charge on any atom is -0.508 e. The molecule has 0 radical (unpaired) electrons. The van der Waals surface area contributed by atoms with E-state index >= 15 is 0 Å². The summed E-state index contributed by atoms with van der Waals surface area (Å²) in [5, 5.41) is 22.3. The van der Waals surface area contributed by atoms with Gasteiger partial charge < -0.3 is 15.5 Å². The molecule has 0 saturated carbocycles. The number of rotatable bonds is 3. The molecule has 0 aromatic heterocycles. The zero-order valence-corrected chi connectivity index (χ0v) is 12.0. The fourth-order valence-electron chi connectivity index (χ4n) is 2.46. The van der Waals surface area contributed by atoms with Gasteiger partial charge in [0.1, 0.15) is 11.5 Å². The van der Waals surface area contributed by atoms with Crippen molar-refractivity contribution in [2.75, 3.05) is 26.2 Å². The summed E-state index contributed by atoms with van der Waals surface area (Å²) >= 11 is 0. The summed E-state index contributed by atoms with van der Waals surface area (Å²) in [6, 6.07) is 2.69. The summed E-state index contributed by atoms with van der Waals surface area (Å²) in [7, 11) is 0. The van der Waals surface area contributed by atoms with Gasteiger partial charge in [-0.25, -0.2) is 0 Å². The van der Waals surface area contributed by atoms with Crippen molar-refractivity contribution in [1.82, 2.24) is 10.2 Å². The molecule has 1 aliphatic heterocycles. The van der Waals surface area contributed by atoms with Crippen LogP contribution in [0.3, 0.4) is 0 Å². The van der Waals surface area contributed by atoms with Crippen molar-refractivity contribution in [3.05, 3.63) is 23.8 Å². The van der Waals surface area contributed by atoms with Gasteiger partial charge in [-0.15, -0.1) is 12.4 Å². The second-order valence-corrected chi connectivity index (χ2v) is 4.86. The summed E-state index contributed by atoms with van der Waals surface area (Å²) in [5.41, 5.74) is 0.115. The van der Waals surface area contributed by atoms with Crippen LogP contribution < -0.4 is 5.32 Å². The first-order valence-corrected chi connectivity index (χ1v) is 6.40. The van der Waals surface area contributed by atoms with Crippen molar-refractivity contribution in [2.24, 2.45) is 0 Å². The molecule has 1 heterocycles. The van der Waals surface area contributed by atoms with Crippen molar-refractivity contribution in [2.45, 2.75) is 18.6 Å². The zero-order valence-electron chi connectivity index (χ0n) is 11.2. The number of nitrogens with one attached hydrogen (secondary N) is 1. The lowest BCUT2D eigenvalue weighted by atomic mass is 9.99. The predicted octanol–water partition coefficient (Wildman–Crippen LogP) is 2.42. The molecule has 4 nitrogen and oxygen atoms in total. The van der Waals surface area contributed by atoms with Gasteiger partial charge >= 0.3 is 6.18 Å². The Morgan fingerprint density at radius 2 is 1.81 bits per heavy atom. The largest absolute Gasteiger partial charge is 0.508 e.